The molecule has 102 valence electrons. The van der Waals surface area contributed by atoms with Crippen LogP contribution < -0.4 is 16.4 Å². The molecule has 6 nitrogen and oxygen atoms in total. The molecule has 0 unspecified atom stereocenters. The Morgan fingerprint density at radius 3 is 2.05 bits per heavy atom. The lowest BCUT2D eigenvalue weighted by atomic mass is 10.1. The fourth-order valence-electron chi connectivity index (χ4n) is 1.71. The Hall–Kier alpha value is -3.02. The number of nitrogens with one attached hydrogen (secondary N) is 2. The van der Waals surface area contributed by atoms with E-state index in [1.54, 1.807) is 48.5 Å². The highest BCUT2D eigenvalue weighted by Gasteiger charge is 2.12. The van der Waals surface area contributed by atoms with E-state index in [4.69, 9.17) is 10.8 Å². The maximum absolute atomic E-state index is 12.1. The van der Waals surface area contributed by atoms with Crippen molar-refractivity contribution in [3.8, 4) is 0 Å². The van der Waals surface area contributed by atoms with E-state index in [9.17, 15) is 9.59 Å². The summed E-state index contributed by atoms with van der Waals surface area (Å²) in [7, 11) is 0. The summed E-state index contributed by atoms with van der Waals surface area (Å²) in [5.41, 5.74) is 7.07. The fraction of sp³-hybridized carbons (Fsp3) is 0. The van der Waals surface area contributed by atoms with Crippen LogP contribution in [-0.4, -0.2) is 17.1 Å². The van der Waals surface area contributed by atoms with E-state index in [1.165, 1.54) is 0 Å². The Balaban J connectivity index is 2.24. The summed E-state index contributed by atoms with van der Waals surface area (Å²) in [6, 6.07) is 13.2. The van der Waals surface area contributed by atoms with E-state index in [1.807, 2.05) is 0 Å². The highest BCUT2D eigenvalue weighted by molar-refractivity contribution is 6.09. The van der Waals surface area contributed by atoms with Crippen molar-refractivity contribution in [1.82, 2.24) is 0 Å². The molecule has 5 N–H and O–H groups in total. The van der Waals surface area contributed by atoms with Gasteiger partial charge in [-0.05, 0) is 24.3 Å². The second-order valence-electron chi connectivity index (χ2n) is 4.02. The van der Waals surface area contributed by atoms with Gasteiger partial charge in [-0.2, -0.15) is 0 Å². The zero-order chi connectivity index (χ0) is 14.5. The minimum Gasteiger partial charge on any atom is -0.465 e. The molecule has 2 amide bonds. The van der Waals surface area contributed by atoms with Crippen LogP contribution in [0.25, 0.3) is 0 Å². The third kappa shape index (κ3) is 3.05. The maximum Gasteiger partial charge on any atom is 0.409 e. The largest absolute Gasteiger partial charge is 0.465 e. The standard InChI is InChI=1S/C14H13N3O3/c15-10-6-2-1-5-9(10)13(18)16-11-7-3-4-8-12(11)17-14(19)20/h1-8,17H,15H2,(H,16,18)(H,19,20). The Morgan fingerprint density at radius 1 is 0.900 bits per heavy atom. The molecular formula is C14H13N3O3. The van der Waals surface area contributed by atoms with Crippen molar-refractivity contribution in [2.45, 2.75) is 0 Å². The Morgan fingerprint density at radius 2 is 1.45 bits per heavy atom. The van der Waals surface area contributed by atoms with Crippen LogP contribution in [0.2, 0.25) is 0 Å². The summed E-state index contributed by atoms with van der Waals surface area (Å²) in [5.74, 6) is -0.400. The first-order chi connectivity index (χ1) is 9.58. The lowest BCUT2D eigenvalue weighted by Crippen LogP contribution is -2.16. The van der Waals surface area contributed by atoms with Crippen LogP contribution in [0, 0.1) is 0 Å². The minimum atomic E-state index is -1.20. The number of hydrogen-bond acceptors (Lipinski definition) is 3. The van der Waals surface area contributed by atoms with Gasteiger partial charge in [0.15, 0.2) is 0 Å². The predicted octanol–water partition coefficient (Wildman–Crippen LogP) is 2.61. The van der Waals surface area contributed by atoms with Crippen molar-refractivity contribution in [2.24, 2.45) is 0 Å². The summed E-state index contributed by atoms with van der Waals surface area (Å²) in [6.07, 6.45) is -1.20. The molecule has 0 aliphatic heterocycles. The normalized spacial score (nSPS) is 9.80. The van der Waals surface area contributed by atoms with Gasteiger partial charge < -0.3 is 16.2 Å². The van der Waals surface area contributed by atoms with Gasteiger partial charge in [-0.1, -0.05) is 24.3 Å². The van der Waals surface area contributed by atoms with Crippen molar-refractivity contribution >= 4 is 29.1 Å². The molecule has 0 atom stereocenters. The molecule has 6 heteroatoms. The highest BCUT2D eigenvalue weighted by Crippen LogP contribution is 2.22. The third-order valence-corrected chi connectivity index (χ3v) is 2.62. The van der Waals surface area contributed by atoms with Crippen LogP contribution in [0.15, 0.2) is 48.5 Å². The SMILES string of the molecule is Nc1ccccc1C(=O)Nc1ccccc1NC(=O)O. The zero-order valence-corrected chi connectivity index (χ0v) is 10.5. The lowest BCUT2D eigenvalue weighted by Gasteiger charge is -2.11. The molecular weight excluding hydrogens is 258 g/mol. The summed E-state index contributed by atoms with van der Waals surface area (Å²) in [5, 5.41) is 13.6. The number of nitrogens with two attached hydrogens (primary N) is 1. The van der Waals surface area contributed by atoms with Gasteiger partial charge in [0.1, 0.15) is 0 Å². The fourth-order valence-corrected chi connectivity index (χ4v) is 1.71. The van der Waals surface area contributed by atoms with Gasteiger partial charge in [0.05, 0.1) is 16.9 Å². The van der Waals surface area contributed by atoms with Gasteiger partial charge in [0, 0.05) is 5.69 Å². The maximum atomic E-state index is 12.1. The van der Waals surface area contributed by atoms with Gasteiger partial charge in [-0.3, -0.25) is 10.1 Å². The third-order valence-electron chi connectivity index (χ3n) is 2.62. The second kappa shape index (κ2) is 5.75. The van der Waals surface area contributed by atoms with Crippen molar-refractivity contribution in [3.05, 3.63) is 54.1 Å². The molecule has 0 bridgehead atoms. The average molecular weight is 271 g/mol. The molecule has 0 fully saturated rings. The number of carbonyl (C=O) groups is 2. The molecule has 0 radical (unpaired) electrons. The van der Waals surface area contributed by atoms with E-state index in [-0.39, 0.29) is 0 Å². The number of anilines is 3. The Bertz CT molecular complexity index is 656. The van der Waals surface area contributed by atoms with E-state index < -0.39 is 12.0 Å². The van der Waals surface area contributed by atoms with Gasteiger partial charge in [-0.25, -0.2) is 4.79 Å². The molecule has 0 aliphatic carbocycles. The molecule has 2 aromatic rings. The predicted molar refractivity (Wildman–Crippen MR) is 76.9 cm³/mol. The second-order valence-corrected chi connectivity index (χ2v) is 4.02. The zero-order valence-electron chi connectivity index (χ0n) is 10.5. The van der Waals surface area contributed by atoms with Crippen LogP contribution in [-0.2, 0) is 0 Å². The molecule has 20 heavy (non-hydrogen) atoms. The number of rotatable bonds is 3. The van der Waals surface area contributed by atoms with Crippen LogP contribution in [0.5, 0.6) is 0 Å². The lowest BCUT2D eigenvalue weighted by molar-refractivity contribution is 0.102. The Kier molecular flexibility index (Phi) is 3.85. The summed E-state index contributed by atoms with van der Waals surface area (Å²) < 4.78 is 0. The Labute approximate surface area is 115 Å². The van der Waals surface area contributed by atoms with Crippen molar-refractivity contribution in [3.63, 3.8) is 0 Å². The van der Waals surface area contributed by atoms with Crippen molar-refractivity contribution in [2.75, 3.05) is 16.4 Å². The van der Waals surface area contributed by atoms with Gasteiger partial charge in [-0.15, -0.1) is 0 Å². The summed E-state index contributed by atoms with van der Waals surface area (Å²) in [4.78, 5) is 22.8. The topological polar surface area (TPSA) is 104 Å². The highest BCUT2D eigenvalue weighted by atomic mass is 16.4. The molecule has 0 spiro atoms. The molecule has 2 rings (SSSR count). The minimum absolute atomic E-state index is 0.294. The van der Waals surface area contributed by atoms with Crippen LogP contribution >= 0.6 is 0 Å². The summed E-state index contributed by atoms with van der Waals surface area (Å²) in [6.45, 7) is 0. The van der Waals surface area contributed by atoms with E-state index >= 15 is 0 Å². The number of amides is 2. The smallest absolute Gasteiger partial charge is 0.409 e. The number of benzene rings is 2. The van der Waals surface area contributed by atoms with E-state index in [0.717, 1.165) is 0 Å². The first-order valence-electron chi connectivity index (χ1n) is 5.83. The molecule has 2 aromatic carbocycles. The number of nitrogen functional groups attached to an aromatic ring is 1. The molecule has 0 saturated heterocycles. The van der Waals surface area contributed by atoms with E-state index in [0.29, 0.717) is 22.6 Å². The number of para-hydroxylation sites is 3. The van der Waals surface area contributed by atoms with Gasteiger partial charge in [0.25, 0.3) is 5.91 Å². The first kappa shape index (κ1) is 13.4. The quantitative estimate of drug-likeness (QED) is 0.644. The van der Waals surface area contributed by atoms with Crippen LogP contribution in [0.3, 0.4) is 0 Å². The van der Waals surface area contributed by atoms with Gasteiger partial charge in [0.2, 0.25) is 0 Å². The van der Waals surface area contributed by atoms with Crippen molar-refractivity contribution in [1.29, 1.82) is 0 Å². The number of hydrogen-bond donors (Lipinski definition) is 4. The number of carbonyl (C=O) groups excluding carboxylic acids is 1. The average Bonchev–Trinajstić information content (AvgIpc) is 2.41. The molecule has 0 saturated carbocycles. The van der Waals surface area contributed by atoms with E-state index in [2.05, 4.69) is 10.6 Å². The molecule has 0 aliphatic rings. The molecule has 0 heterocycles. The summed E-state index contributed by atoms with van der Waals surface area (Å²) >= 11 is 0. The number of carboxylic acid groups (broad SMARTS) is 1. The monoisotopic (exact) mass is 271 g/mol. The molecule has 0 aromatic heterocycles. The van der Waals surface area contributed by atoms with Gasteiger partial charge >= 0.3 is 6.09 Å². The van der Waals surface area contributed by atoms with Crippen molar-refractivity contribution < 1.29 is 14.7 Å². The van der Waals surface area contributed by atoms with Crippen LogP contribution in [0.4, 0.5) is 21.9 Å². The van der Waals surface area contributed by atoms with Crippen LogP contribution in [0.1, 0.15) is 10.4 Å². The first-order valence-corrected chi connectivity index (χ1v) is 5.83.